The van der Waals surface area contributed by atoms with E-state index in [1.54, 1.807) is 12.5 Å². The Morgan fingerprint density at radius 1 is 1.57 bits per heavy atom. The zero-order valence-corrected chi connectivity index (χ0v) is 8.99. The van der Waals surface area contributed by atoms with Gasteiger partial charge in [0.25, 0.3) is 0 Å². The maximum Gasteiger partial charge on any atom is 0.0935 e. The van der Waals surface area contributed by atoms with E-state index >= 15 is 0 Å². The molecule has 1 atom stereocenters. The van der Waals surface area contributed by atoms with Crippen LogP contribution in [-0.2, 0) is 11.2 Å². The molecule has 0 spiro atoms. The van der Waals surface area contributed by atoms with E-state index in [4.69, 9.17) is 9.15 Å². The van der Waals surface area contributed by atoms with E-state index < -0.39 is 11.7 Å². The second-order valence-electron chi connectivity index (χ2n) is 3.89. The molecular formula is C11H18O3. The minimum Gasteiger partial charge on any atom is -0.472 e. The second-order valence-corrected chi connectivity index (χ2v) is 3.89. The molecule has 0 saturated carbocycles. The largest absolute Gasteiger partial charge is 0.472 e. The fraction of sp³-hybridized carbons (Fsp3) is 0.636. The van der Waals surface area contributed by atoms with E-state index in [9.17, 15) is 5.11 Å². The third-order valence-corrected chi connectivity index (χ3v) is 2.33. The van der Waals surface area contributed by atoms with Crippen LogP contribution in [0.5, 0.6) is 0 Å². The Morgan fingerprint density at radius 3 is 2.79 bits per heavy atom. The molecule has 0 amide bonds. The van der Waals surface area contributed by atoms with Crippen molar-refractivity contribution in [3.8, 4) is 0 Å². The van der Waals surface area contributed by atoms with Crippen molar-refractivity contribution in [2.24, 2.45) is 0 Å². The third kappa shape index (κ3) is 2.86. The number of ether oxygens (including phenoxy) is 1. The Morgan fingerprint density at radius 2 is 2.29 bits per heavy atom. The molecule has 3 heteroatoms. The number of rotatable bonds is 5. The van der Waals surface area contributed by atoms with Crippen LogP contribution in [0.15, 0.2) is 23.0 Å². The Balaban J connectivity index is 2.52. The van der Waals surface area contributed by atoms with Gasteiger partial charge in [0.2, 0.25) is 0 Å². The van der Waals surface area contributed by atoms with Crippen molar-refractivity contribution in [2.45, 2.75) is 38.9 Å². The normalized spacial score (nSPS) is 14.3. The molecule has 1 rings (SSSR count). The number of aliphatic hydroxyl groups is 1. The van der Waals surface area contributed by atoms with Gasteiger partial charge in [0.15, 0.2) is 0 Å². The lowest BCUT2D eigenvalue weighted by atomic mass is 9.96. The molecule has 0 fully saturated rings. The summed E-state index contributed by atoms with van der Waals surface area (Å²) in [6, 6.07) is 1.85. The van der Waals surface area contributed by atoms with Gasteiger partial charge in [-0.25, -0.2) is 0 Å². The molecular weight excluding hydrogens is 180 g/mol. The Kier molecular flexibility index (Phi) is 3.72. The highest BCUT2D eigenvalue weighted by Gasteiger charge is 2.28. The lowest BCUT2D eigenvalue weighted by Gasteiger charge is -2.30. The van der Waals surface area contributed by atoms with E-state index in [0.29, 0.717) is 13.0 Å². The van der Waals surface area contributed by atoms with Crippen molar-refractivity contribution in [3.05, 3.63) is 24.2 Å². The van der Waals surface area contributed by atoms with Gasteiger partial charge in [-0.2, -0.15) is 0 Å². The fourth-order valence-corrected chi connectivity index (χ4v) is 1.35. The van der Waals surface area contributed by atoms with E-state index in [1.165, 1.54) is 0 Å². The van der Waals surface area contributed by atoms with Crippen molar-refractivity contribution in [3.63, 3.8) is 0 Å². The SMILES string of the molecule is CCOC(C)(C)C(O)Cc1ccoc1. The van der Waals surface area contributed by atoms with Crippen molar-refractivity contribution in [1.29, 1.82) is 0 Å². The highest BCUT2D eigenvalue weighted by Crippen LogP contribution is 2.18. The molecule has 0 aliphatic heterocycles. The summed E-state index contributed by atoms with van der Waals surface area (Å²) < 4.78 is 10.4. The number of aliphatic hydroxyl groups excluding tert-OH is 1. The standard InChI is InChI=1S/C11H18O3/c1-4-14-11(2,3)10(12)7-9-5-6-13-8-9/h5-6,8,10,12H,4,7H2,1-3H3. The van der Waals surface area contributed by atoms with Crippen LogP contribution >= 0.6 is 0 Å². The quantitative estimate of drug-likeness (QED) is 0.786. The second kappa shape index (κ2) is 4.62. The predicted molar refractivity (Wildman–Crippen MR) is 54.1 cm³/mol. The molecule has 1 heterocycles. The molecule has 0 radical (unpaired) electrons. The zero-order valence-electron chi connectivity index (χ0n) is 8.99. The van der Waals surface area contributed by atoms with Gasteiger partial charge in [-0.15, -0.1) is 0 Å². The first-order chi connectivity index (χ1) is 6.56. The fourth-order valence-electron chi connectivity index (χ4n) is 1.35. The first kappa shape index (κ1) is 11.3. The highest BCUT2D eigenvalue weighted by atomic mass is 16.5. The summed E-state index contributed by atoms with van der Waals surface area (Å²) >= 11 is 0. The Hall–Kier alpha value is -0.800. The van der Waals surface area contributed by atoms with Crippen LogP contribution in [0.25, 0.3) is 0 Å². The molecule has 0 aliphatic rings. The van der Waals surface area contributed by atoms with Gasteiger partial charge in [0, 0.05) is 13.0 Å². The Bertz CT molecular complexity index is 252. The van der Waals surface area contributed by atoms with Crippen LogP contribution in [0.2, 0.25) is 0 Å². The van der Waals surface area contributed by atoms with E-state index in [2.05, 4.69) is 0 Å². The summed E-state index contributed by atoms with van der Waals surface area (Å²) in [5.74, 6) is 0. The van der Waals surface area contributed by atoms with Gasteiger partial charge in [-0.05, 0) is 32.4 Å². The van der Waals surface area contributed by atoms with Crippen LogP contribution in [0.3, 0.4) is 0 Å². The smallest absolute Gasteiger partial charge is 0.0935 e. The predicted octanol–water partition coefficient (Wildman–Crippen LogP) is 2.00. The molecule has 1 unspecified atom stereocenters. The molecule has 14 heavy (non-hydrogen) atoms. The van der Waals surface area contributed by atoms with Crippen LogP contribution in [-0.4, -0.2) is 23.4 Å². The van der Waals surface area contributed by atoms with E-state index in [1.807, 2.05) is 26.8 Å². The first-order valence-corrected chi connectivity index (χ1v) is 4.89. The zero-order chi connectivity index (χ0) is 10.6. The van der Waals surface area contributed by atoms with Crippen LogP contribution in [0, 0.1) is 0 Å². The number of furan rings is 1. The van der Waals surface area contributed by atoms with Gasteiger partial charge < -0.3 is 14.3 Å². The third-order valence-electron chi connectivity index (χ3n) is 2.33. The molecule has 0 aliphatic carbocycles. The van der Waals surface area contributed by atoms with Crippen molar-refractivity contribution in [1.82, 2.24) is 0 Å². The van der Waals surface area contributed by atoms with Gasteiger partial charge in [0.05, 0.1) is 24.2 Å². The van der Waals surface area contributed by atoms with Gasteiger partial charge in [-0.3, -0.25) is 0 Å². The Labute approximate surface area is 84.7 Å². The number of hydrogen-bond donors (Lipinski definition) is 1. The maximum atomic E-state index is 9.91. The summed E-state index contributed by atoms with van der Waals surface area (Å²) in [6.07, 6.45) is 3.30. The summed E-state index contributed by atoms with van der Waals surface area (Å²) in [5, 5.41) is 9.91. The van der Waals surface area contributed by atoms with Crippen molar-refractivity contribution < 1.29 is 14.3 Å². The van der Waals surface area contributed by atoms with Crippen molar-refractivity contribution >= 4 is 0 Å². The average Bonchev–Trinajstić information content (AvgIpc) is 2.56. The molecule has 80 valence electrons. The van der Waals surface area contributed by atoms with E-state index in [-0.39, 0.29) is 0 Å². The molecule has 3 nitrogen and oxygen atoms in total. The lowest BCUT2D eigenvalue weighted by Crippen LogP contribution is -2.40. The molecule has 0 saturated heterocycles. The topological polar surface area (TPSA) is 42.6 Å². The van der Waals surface area contributed by atoms with Crippen LogP contribution in [0.4, 0.5) is 0 Å². The summed E-state index contributed by atoms with van der Waals surface area (Å²) in [6.45, 7) is 6.31. The maximum absolute atomic E-state index is 9.91. The first-order valence-electron chi connectivity index (χ1n) is 4.89. The minimum atomic E-state index is -0.514. The monoisotopic (exact) mass is 198 g/mol. The van der Waals surface area contributed by atoms with Gasteiger partial charge in [-0.1, -0.05) is 0 Å². The summed E-state index contributed by atoms with van der Waals surface area (Å²) in [7, 11) is 0. The molecule has 1 aromatic heterocycles. The molecule has 0 bridgehead atoms. The lowest BCUT2D eigenvalue weighted by molar-refractivity contribution is -0.0955. The van der Waals surface area contributed by atoms with Crippen LogP contribution in [0.1, 0.15) is 26.3 Å². The molecule has 0 aromatic carbocycles. The average molecular weight is 198 g/mol. The molecule has 1 N–H and O–H groups in total. The molecule has 1 aromatic rings. The van der Waals surface area contributed by atoms with Crippen molar-refractivity contribution in [2.75, 3.05) is 6.61 Å². The summed E-state index contributed by atoms with van der Waals surface area (Å²) in [5.41, 5.74) is 0.483. The van der Waals surface area contributed by atoms with Gasteiger partial charge in [0.1, 0.15) is 0 Å². The number of hydrogen-bond acceptors (Lipinski definition) is 3. The minimum absolute atomic E-state index is 0.508. The van der Waals surface area contributed by atoms with E-state index in [0.717, 1.165) is 5.56 Å². The van der Waals surface area contributed by atoms with Crippen LogP contribution < -0.4 is 0 Å². The summed E-state index contributed by atoms with van der Waals surface area (Å²) in [4.78, 5) is 0. The highest BCUT2D eigenvalue weighted by molar-refractivity contribution is 5.08. The van der Waals surface area contributed by atoms with Gasteiger partial charge >= 0.3 is 0 Å².